The van der Waals surface area contributed by atoms with Gasteiger partial charge in [-0.1, -0.05) is 60.7 Å². The van der Waals surface area contributed by atoms with Crippen LogP contribution in [0, 0.1) is 0 Å². The Labute approximate surface area is 121 Å². The van der Waals surface area contributed by atoms with Crippen molar-refractivity contribution in [2.45, 2.75) is 33.0 Å². The van der Waals surface area contributed by atoms with E-state index in [1.165, 1.54) is 11.1 Å². The zero-order chi connectivity index (χ0) is 14.4. The minimum atomic E-state index is -0.0737. The highest BCUT2D eigenvalue weighted by Gasteiger charge is 2.18. The Balaban J connectivity index is 2.14. The summed E-state index contributed by atoms with van der Waals surface area (Å²) < 4.78 is 0. The zero-order valence-electron chi connectivity index (χ0n) is 12.1. The Morgan fingerprint density at radius 1 is 0.900 bits per heavy atom. The fourth-order valence-corrected chi connectivity index (χ4v) is 2.22. The molecule has 20 heavy (non-hydrogen) atoms. The number of carbonyl (C=O) groups is 1. The molecule has 2 heteroatoms. The Bertz CT molecular complexity index is 494. The van der Waals surface area contributed by atoms with Crippen molar-refractivity contribution in [2.75, 3.05) is 0 Å². The number of benzene rings is 2. The van der Waals surface area contributed by atoms with Crippen LogP contribution in [0.25, 0.3) is 0 Å². The van der Waals surface area contributed by atoms with Crippen molar-refractivity contribution in [2.24, 2.45) is 0 Å². The molecule has 0 N–H and O–H groups in total. The number of hydrogen-bond donors (Lipinski definition) is 0. The van der Waals surface area contributed by atoms with Gasteiger partial charge in [0.2, 0.25) is 0 Å². The monoisotopic (exact) mass is 267 g/mol. The molecule has 2 rings (SSSR count). The summed E-state index contributed by atoms with van der Waals surface area (Å²) in [6, 6.07) is 20.5. The third kappa shape index (κ3) is 4.04. The highest BCUT2D eigenvalue weighted by Crippen LogP contribution is 2.13. The summed E-state index contributed by atoms with van der Waals surface area (Å²) in [5.41, 5.74) is 2.47. The second-order valence-corrected chi connectivity index (χ2v) is 5.16. The Morgan fingerprint density at radius 2 is 1.30 bits per heavy atom. The fraction of sp³-hybridized carbons (Fsp3) is 0.278. The summed E-state index contributed by atoms with van der Waals surface area (Å²) in [5.74, 6) is 0.205. The molecule has 2 nitrogen and oxygen atoms in total. The molecule has 0 spiro atoms. The van der Waals surface area contributed by atoms with E-state index >= 15 is 0 Å². The smallest absolute Gasteiger partial charge is 0.146 e. The normalized spacial score (nSPS) is 12.3. The number of ketones is 1. The number of carbonyl (C=O) groups excluding carboxylic acids is 1. The number of nitrogens with zero attached hydrogens (tertiary/aromatic N) is 1. The molecule has 0 saturated carbocycles. The molecule has 0 aromatic heterocycles. The quantitative estimate of drug-likeness (QED) is 0.796. The summed E-state index contributed by atoms with van der Waals surface area (Å²) >= 11 is 0. The number of hydrogen-bond acceptors (Lipinski definition) is 2. The number of rotatable bonds is 6. The van der Waals surface area contributed by atoms with E-state index < -0.39 is 0 Å². The molecule has 2 aromatic rings. The van der Waals surface area contributed by atoms with Gasteiger partial charge < -0.3 is 0 Å². The van der Waals surface area contributed by atoms with Gasteiger partial charge in [0, 0.05) is 13.1 Å². The fourth-order valence-electron chi connectivity index (χ4n) is 2.22. The van der Waals surface area contributed by atoms with Gasteiger partial charge >= 0.3 is 0 Å². The van der Waals surface area contributed by atoms with Crippen LogP contribution in [0.2, 0.25) is 0 Å². The lowest BCUT2D eigenvalue weighted by atomic mass is 10.1. The molecule has 1 unspecified atom stereocenters. The summed E-state index contributed by atoms with van der Waals surface area (Å²) in [7, 11) is 0. The van der Waals surface area contributed by atoms with E-state index in [0.29, 0.717) is 0 Å². The molecule has 0 fully saturated rings. The predicted octanol–water partition coefficient (Wildman–Crippen LogP) is 3.67. The van der Waals surface area contributed by atoms with Gasteiger partial charge in [0.25, 0.3) is 0 Å². The lowest BCUT2D eigenvalue weighted by Crippen LogP contribution is -2.36. The summed E-state index contributed by atoms with van der Waals surface area (Å²) in [6.07, 6.45) is 0. The summed E-state index contributed by atoms with van der Waals surface area (Å²) in [5, 5.41) is 0. The molecule has 0 aliphatic carbocycles. The molecule has 1 atom stereocenters. The van der Waals surface area contributed by atoms with Crippen molar-refractivity contribution in [1.82, 2.24) is 4.90 Å². The van der Waals surface area contributed by atoms with Gasteiger partial charge in [0.15, 0.2) is 0 Å². The summed E-state index contributed by atoms with van der Waals surface area (Å²) in [6.45, 7) is 5.22. The van der Waals surface area contributed by atoms with E-state index in [9.17, 15) is 4.79 Å². The second kappa shape index (κ2) is 7.01. The standard InChI is InChI=1S/C18H21NO/c1-15(16(2)20)19(13-17-9-5-3-6-10-17)14-18-11-7-4-8-12-18/h3-12,15H,13-14H2,1-2H3. The van der Waals surface area contributed by atoms with Crippen LogP contribution in [0.4, 0.5) is 0 Å². The van der Waals surface area contributed by atoms with E-state index in [-0.39, 0.29) is 11.8 Å². The van der Waals surface area contributed by atoms with Crippen molar-refractivity contribution in [3.63, 3.8) is 0 Å². The van der Waals surface area contributed by atoms with Crippen LogP contribution in [-0.2, 0) is 17.9 Å². The Morgan fingerprint density at radius 3 is 1.65 bits per heavy atom. The first-order chi connectivity index (χ1) is 9.66. The molecule has 0 aliphatic rings. The molecule has 0 aliphatic heterocycles. The average molecular weight is 267 g/mol. The van der Waals surface area contributed by atoms with Crippen molar-refractivity contribution in [1.29, 1.82) is 0 Å². The van der Waals surface area contributed by atoms with Crippen LogP contribution in [0.1, 0.15) is 25.0 Å². The van der Waals surface area contributed by atoms with E-state index in [1.807, 2.05) is 43.3 Å². The molecule has 0 amide bonds. The maximum Gasteiger partial charge on any atom is 0.146 e. The third-order valence-electron chi connectivity index (χ3n) is 3.59. The minimum Gasteiger partial charge on any atom is -0.298 e. The summed E-state index contributed by atoms with van der Waals surface area (Å²) in [4.78, 5) is 13.9. The lowest BCUT2D eigenvalue weighted by molar-refractivity contribution is -0.122. The number of Topliss-reactive ketones (excluding diaryl/α,β-unsaturated/α-hetero) is 1. The van der Waals surface area contributed by atoms with Crippen molar-refractivity contribution >= 4 is 5.78 Å². The third-order valence-corrected chi connectivity index (χ3v) is 3.59. The minimum absolute atomic E-state index is 0.0737. The van der Waals surface area contributed by atoms with Crippen LogP contribution < -0.4 is 0 Å². The van der Waals surface area contributed by atoms with Gasteiger partial charge in [-0.3, -0.25) is 9.69 Å². The maximum absolute atomic E-state index is 11.7. The van der Waals surface area contributed by atoms with E-state index in [2.05, 4.69) is 29.2 Å². The highest BCUT2D eigenvalue weighted by atomic mass is 16.1. The van der Waals surface area contributed by atoms with Crippen LogP contribution in [0.15, 0.2) is 60.7 Å². The molecular formula is C18H21NO. The van der Waals surface area contributed by atoms with Crippen molar-refractivity contribution < 1.29 is 4.79 Å². The van der Waals surface area contributed by atoms with Crippen LogP contribution in [-0.4, -0.2) is 16.7 Å². The zero-order valence-corrected chi connectivity index (χ0v) is 12.1. The van der Waals surface area contributed by atoms with Crippen molar-refractivity contribution in [3.05, 3.63) is 71.8 Å². The SMILES string of the molecule is CC(=O)C(C)N(Cc1ccccc1)Cc1ccccc1. The molecule has 104 valence electrons. The molecule has 0 bridgehead atoms. The van der Waals surface area contributed by atoms with Gasteiger partial charge in [-0.25, -0.2) is 0 Å². The average Bonchev–Trinajstić information content (AvgIpc) is 2.48. The van der Waals surface area contributed by atoms with Crippen LogP contribution in [0.3, 0.4) is 0 Å². The molecule has 2 aromatic carbocycles. The van der Waals surface area contributed by atoms with Crippen LogP contribution >= 0.6 is 0 Å². The van der Waals surface area contributed by atoms with E-state index in [4.69, 9.17) is 0 Å². The van der Waals surface area contributed by atoms with Gasteiger partial charge in [0.05, 0.1) is 6.04 Å². The first-order valence-electron chi connectivity index (χ1n) is 6.99. The van der Waals surface area contributed by atoms with Gasteiger partial charge in [0.1, 0.15) is 5.78 Å². The van der Waals surface area contributed by atoms with E-state index in [0.717, 1.165) is 13.1 Å². The first kappa shape index (κ1) is 14.5. The van der Waals surface area contributed by atoms with Gasteiger partial charge in [-0.05, 0) is 25.0 Å². The maximum atomic E-state index is 11.7. The molecule has 0 heterocycles. The Hall–Kier alpha value is -1.93. The lowest BCUT2D eigenvalue weighted by Gasteiger charge is -2.27. The van der Waals surface area contributed by atoms with Crippen molar-refractivity contribution in [3.8, 4) is 0 Å². The van der Waals surface area contributed by atoms with Gasteiger partial charge in [-0.2, -0.15) is 0 Å². The second-order valence-electron chi connectivity index (χ2n) is 5.16. The van der Waals surface area contributed by atoms with Crippen LogP contribution in [0.5, 0.6) is 0 Å². The first-order valence-corrected chi connectivity index (χ1v) is 6.99. The molecule has 0 radical (unpaired) electrons. The Kier molecular flexibility index (Phi) is 5.08. The molecular weight excluding hydrogens is 246 g/mol. The van der Waals surface area contributed by atoms with Gasteiger partial charge in [-0.15, -0.1) is 0 Å². The van der Waals surface area contributed by atoms with E-state index in [1.54, 1.807) is 6.92 Å². The molecule has 0 saturated heterocycles. The predicted molar refractivity (Wildman–Crippen MR) is 82.3 cm³/mol. The topological polar surface area (TPSA) is 20.3 Å². The largest absolute Gasteiger partial charge is 0.298 e. The highest BCUT2D eigenvalue weighted by molar-refractivity contribution is 5.80.